The number of ketones is 1. The molecule has 0 N–H and O–H groups in total. The molecule has 1 aliphatic rings. The van der Waals surface area contributed by atoms with Gasteiger partial charge >= 0.3 is 0 Å². The SMILES string of the molecule is COc1cccc([C@@H]2Oc3ccccc3C(=O)[C@H]2n2cncn2)c1. The van der Waals surface area contributed by atoms with Gasteiger partial charge < -0.3 is 9.47 Å². The monoisotopic (exact) mass is 321 g/mol. The van der Waals surface area contributed by atoms with Crippen LogP contribution < -0.4 is 9.47 Å². The maximum atomic E-state index is 13.1. The lowest BCUT2D eigenvalue weighted by Gasteiger charge is -2.32. The van der Waals surface area contributed by atoms with Crippen LogP contribution in [0.4, 0.5) is 0 Å². The molecule has 120 valence electrons. The maximum absolute atomic E-state index is 13.1. The van der Waals surface area contributed by atoms with Crippen LogP contribution in [-0.4, -0.2) is 27.7 Å². The Kier molecular flexibility index (Phi) is 3.49. The van der Waals surface area contributed by atoms with Crippen molar-refractivity contribution < 1.29 is 14.3 Å². The van der Waals surface area contributed by atoms with Gasteiger partial charge in [0.2, 0.25) is 0 Å². The minimum absolute atomic E-state index is 0.0461. The molecule has 24 heavy (non-hydrogen) atoms. The number of nitrogens with zero attached hydrogens (tertiary/aromatic N) is 3. The first-order chi connectivity index (χ1) is 11.8. The molecule has 0 spiro atoms. The van der Waals surface area contributed by atoms with E-state index in [0.717, 1.165) is 5.56 Å². The molecular formula is C18H15N3O3. The fourth-order valence-corrected chi connectivity index (χ4v) is 2.96. The zero-order chi connectivity index (χ0) is 16.5. The van der Waals surface area contributed by atoms with E-state index in [-0.39, 0.29) is 5.78 Å². The summed E-state index contributed by atoms with van der Waals surface area (Å²) in [5, 5.41) is 4.16. The van der Waals surface area contributed by atoms with Gasteiger partial charge in [-0.1, -0.05) is 24.3 Å². The average Bonchev–Trinajstić information content (AvgIpc) is 3.16. The van der Waals surface area contributed by atoms with Crippen LogP contribution in [0.1, 0.15) is 28.1 Å². The van der Waals surface area contributed by atoms with Crippen molar-refractivity contribution in [2.24, 2.45) is 0 Å². The number of fused-ring (bicyclic) bond motifs is 1. The number of hydrogen-bond donors (Lipinski definition) is 0. The van der Waals surface area contributed by atoms with E-state index in [1.54, 1.807) is 23.9 Å². The highest BCUT2D eigenvalue weighted by Crippen LogP contribution is 2.41. The Labute approximate surface area is 138 Å². The molecule has 0 saturated heterocycles. The number of aromatic nitrogens is 3. The normalized spacial score (nSPS) is 19.5. The molecule has 0 amide bonds. The lowest BCUT2D eigenvalue weighted by atomic mass is 9.91. The third-order valence-electron chi connectivity index (χ3n) is 4.11. The number of methoxy groups -OCH3 is 1. The Morgan fingerprint density at radius 1 is 1.17 bits per heavy atom. The second-order valence-corrected chi connectivity index (χ2v) is 5.50. The molecule has 4 rings (SSSR count). The van der Waals surface area contributed by atoms with Gasteiger partial charge in [-0.3, -0.25) is 4.79 Å². The number of carbonyl (C=O) groups is 1. The highest BCUT2D eigenvalue weighted by atomic mass is 16.5. The van der Waals surface area contributed by atoms with Crippen LogP contribution >= 0.6 is 0 Å². The molecule has 2 aromatic carbocycles. The average molecular weight is 321 g/mol. The van der Waals surface area contributed by atoms with E-state index < -0.39 is 12.1 Å². The maximum Gasteiger partial charge on any atom is 0.195 e. The molecule has 0 unspecified atom stereocenters. The van der Waals surface area contributed by atoms with Crippen LogP contribution in [0.3, 0.4) is 0 Å². The first-order valence-electron chi connectivity index (χ1n) is 7.56. The molecule has 3 aromatic rings. The van der Waals surface area contributed by atoms with Crippen molar-refractivity contribution in [3.8, 4) is 11.5 Å². The Morgan fingerprint density at radius 3 is 2.83 bits per heavy atom. The lowest BCUT2D eigenvalue weighted by molar-refractivity contribution is 0.0653. The fourth-order valence-electron chi connectivity index (χ4n) is 2.96. The van der Waals surface area contributed by atoms with E-state index in [1.807, 2.05) is 36.4 Å². The van der Waals surface area contributed by atoms with E-state index >= 15 is 0 Å². The number of Topliss-reactive ketones (excluding diaryl/α,β-unsaturated/α-hetero) is 1. The van der Waals surface area contributed by atoms with Crippen LogP contribution in [0.2, 0.25) is 0 Å². The molecule has 6 nitrogen and oxygen atoms in total. The fraction of sp³-hybridized carbons (Fsp3) is 0.167. The summed E-state index contributed by atoms with van der Waals surface area (Å²) in [6, 6.07) is 14.1. The topological polar surface area (TPSA) is 66.2 Å². The predicted molar refractivity (Wildman–Crippen MR) is 86.2 cm³/mol. The summed E-state index contributed by atoms with van der Waals surface area (Å²) in [4.78, 5) is 17.0. The molecule has 1 aromatic heterocycles. The summed E-state index contributed by atoms with van der Waals surface area (Å²) in [6.45, 7) is 0. The first-order valence-corrected chi connectivity index (χ1v) is 7.56. The van der Waals surface area contributed by atoms with Crippen molar-refractivity contribution in [2.75, 3.05) is 7.11 Å². The van der Waals surface area contributed by atoms with Crippen molar-refractivity contribution in [3.63, 3.8) is 0 Å². The van der Waals surface area contributed by atoms with Gasteiger partial charge in [0, 0.05) is 0 Å². The Bertz CT molecular complexity index is 877. The van der Waals surface area contributed by atoms with Crippen LogP contribution in [0, 0.1) is 0 Å². The number of carbonyl (C=O) groups excluding carboxylic acids is 1. The number of ether oxygens (including phenoxy) is 2. The number of para-hydroxylation sites is 1. The van der Waals surface area contributed by atoms with Gasteiger partial charge in [0.15, 0.2) is 17.9 Å². The molecule has 2 heterocycles. The van der Waals surface area contributed by atoms with Gasteiger partial charge in [-0.15, -0.1) is 0 Å². The van der Waals surface area contributed by atoms with Crippen LogP contribution in [0.15, 0.2) is 61.2 Å². The van der Waals surface area contributed by atoms with Crippen LogP contribution in [0.25, 0.3) is 0 Å². The van der Waals surface area contributed by atoms with Gasteiger partial charge in [0.05, 0.1) is 12.7 Å². The van der Waals surface area contributed by atoms with Gasteiger partial charge in [-0.05, 0) is 29.8 Å². The molecule has 6 heteroatoms. The molecule has 0 aliphatic carbocycles. The summed E-state index contributed by atoms with van der Waals surface area (Å²) < 4.78 is 13.0. The molecule has 0 saturated carbocycles. The van der Waals surface area contributed by atoms with E-state index in [0.29, 0.717) is 17.1 Å². The summed E-state index contributed by atoms with van der Waals surface area (Å²) in [6.07, 6.45) is 2.44. The highest BCUT2D eigenvalue weighted by molar-refractivity contribution is 6.02. The summed E-state index contributed by atoms with van der Waals surface area (Å²) in [5.74, 6) is 1.24. The van der Waals surface area contributed by atoms with Crippen molar-refractivity contribution in [1.29, 1.82) is 0 Å². The molecule has 1 aliphatic heterocycles. The summed E-state index contributed by atoms with van der Waals surface area (Å²) >= 11 is 0. The van der Waals surface area contributed by atoms with Gasteiger partial charge in [-0.2, -0.15) is 5.10 Å². The van der Waals surface area contributed by atoms with Crippen LogP contribution in [-0.2, 0) is 0 Å². The van der Waals surface area contributed by atoms with Crippen molar-refractivity contribution >= 4 is 5.78 Å². The summed E-state index contributed by atoms with van der Waals surface area (Å²) in [5.41, 5.74) is 1.40. The smallest absolute Gasteiger partial charge is 0.195 e. The van der Waals surface area contributed by atoms with E-state index in [1.165, 1.54) is 12.7 Å². The van der Waals surface area contributed by atoms with Crippen molar-refractivity contribution in [3.05, 3.63) is 72.3 Å². The van der Waals surface area contributed by atoms with Gasteiger partial charge in [-0.25, -0.2) is 9.67 Å². The molecule has 0 fully saturated rings. The number of benzene rings is 2. The lowest BCUT2D eigenvalue weighted by Crippen LogP contribution is -2.34. The van der Waals surface area contributed by atoms with Crippen LogP contribution in [0.5, 0.6) is 11.5 Å². The number of hydrogen-bond acceptors (Lipinski definition) is 5. The second kappa shape index (κ2) is 5.81. The minimum Gasteiger partial charge on any atom is -0.497 e. The number of rotatable bonds is 3. The first kappa shape index (κ1) is 14.4. The molecule has 2 atom stereocenters. The third-order valence-corrected chi connectivity index (χ3v) is 4.11. The zero-order valence-electron chi connectivity index (χ0n) is 13.0. The van der Waals surface area contributed by atoms with Crippen molar-refractivity contribution in [1.82, 2.24) is 14.8 Å². The Balaban J connectivity index is 1.85. The van der Waals surface area contributed by atoms with Gasteiger partial charge in [0.25, 0.3) is 0 Å². The molecule has 0 radical (unpaired) electrons. The molecule has 0 bridgehead atoms. The molecular weight excluding hydrogens is 306 g/mol. The van der Waals surface area contributed by atoms with Gasteiger partial charge in [0.1, 0.15) is 24.2 Å². The second-order valence-electron chi connectivity index (χ2n) is 5.50. The zero-order valence-corrected chi connectivity index (χ0v) is 13.0. The van der Waals surface area contributed by atoms with E-state index in [4.69, 9.17) is 9.47 Å². The van der Waals surface area contributed by atoms with Crippen molar-refractivity contribution in [2.45, 2.75) is 12.1 Å². The Hall–Kier alpha value is -3.15. The standard InChI is InChI=1S/C18H15N3O3/c1-23-13-6-4-5-12(9-13)18-16(21-11-19-10-20-21)17(22)14-7-2-3-8-15(14)24-18/h2-11,16,18H,1H3/t16-,18+/m1/s1. The largest absolute Gasteiger partial charge is 0.497 e. The predicted octanol–water partition coefficient (Wildman–Crippen LogP) is 2.84. The quantitative estimate of drug-likeness (QED) is 0.742. The van der Waals surface area contributed by atoms with E-state index in [2.05, 4.69) is 10.1 Å². The third kappa shape index (κ3) is 2.32. The summed E-state index contributed by atoms with van der Waals surface area (Å²) in [7, 11) is 1.61. The van der Waals surface area contributed by atoms with E-state index in [9.17, 15) is 4.79 Å². The highest BCUT2D eigenvalue weighted by Gasteiger charge is 2.40. The Morgan fingerprint density at radius 2 is 2.04 bits per heavy atom. The minimum atomic E-state index is -0.616.